The molecule has 0 bridgehead atoms. The zero-order valence-corrected chi connectivity index (χ0v) is 7.60. The van der Waals surface area contributed by atoms with Crippen LogP contribution < -0.4 is 10.5 Å². The molecule has 0 saturated carbocycles. The average Bonchev–Trinajstić information content (AvgIpc) is 2.19. The van der Waals surface area contributed by atoms with Gasteiger partial charge in [0.25, 0.3) is 0 Å². The van der Waals surface area contributed by atoms with Gasteiger partial charge in [-0.25, -0.2) is 0 Å². The van der Waals surface area contributed by atoms with Crippen molar-refractivity contribution in [2.24, 2.45) is 5.73 Å². The van der Waals surface area contributed by atoms with Crippen molar-refractivity contribution in [3.05, 3.63) is 48.2 Å². The van der Waals surface area contributed by atoms with Crippen molar-refractivity contribution in [2.45, 2.75) is 0 Å². The number of methoxy groups -OCH3 is 1. The standard InChI is InChI=1S/C11H13NO/c1-13-11-7-5-10(6-8-11)4-2-3-9-12/h2-9H,12H2,1H3. The number of hydrogen-bond acceptors (Lipinski definition) is 2. The van der Waals surface area contributed by atoms with E-state index in [0.29, 0.717) is 0 Å². The summed E-state index contributed by atoms with van der Waals surface area (Å²) in [7, 11) is 1.65. The van der Waals surface area contributed by atoms with Crippen LogP contribution >= 0.6 is 0 Å². The Morgan fingerprint density at radius 3 is 2.38 bits per heavy atom. The number of hydrogen-bond donors (Lipinski definition) is 1. The van der Waals surface area contributed by atoms with Gasteiger partial charge < -0.3 is 10.5 Å². The van der Waals surface area contributed by atoms with Crippen molar-refractivity contribution in [2.75, 3.05) is 7.11 Å². The molecule has 0 radical (unpaired) electrons. The van der Waals surface area contributed by atoms with Gasteiger partial charge >= 0.3 is 0 Å². The zero-order chi connectivity index (χ0) is 9.52. The van der Waals surface area contributed by atoms with Crippen LogP contribution in [0.3, 0.4) is 0 Å². The van der Waals surface area contributed by atoms with Gasteiger partial charge in [0, 0.05) is 0 Å². The molecule has 0 fully saturated rings. The number of benzene rings is 1. The summed E-state index contributed by atoms with van der Waals surface area (Å²) in [5.74, 6) is 0.867. The fourth-order valence-electron chi connectivity index (χ4n) is 0.946. The van der Waals surface area contributed by atoms with E-state index in [1.165, 1.54) is 6.20 Å². The molecule has 0 heterocycles. The molecule has 68 valence electrons. The third-order valence-electron chi connectivity index (χ3n) is 1.63. The van der Waals surface area contributed by atoms with E-state index in [1.807, 2.05) is 36.4 Å². The molecule has 13 heavy (non-hydrogen) atoms. The van der Waals surface area contributed by atoms with Gasteiger partial charge in [-0.3, -0.25) is 0 Å². The second kappa shape index (κ2) is 5.04. The minimum absolute atomic E-state index is 0.867. The summed E-state index contributed by atoms with van der Waals surface area (Å²) in [6.07, 6.45) is 7.15. The number of ether oxygens (including phenoxy) is 1. The van der Waals surface area contributed by atoms with E-state index in [1.54, 1.807) is 13.2 Å². The van der Waals surface area contributed by atoms with E-state index in [9.17, 15) is 0 Å². The van der Waals surface area contributed by atoms with Gasteiger partial charge in [0.1, 0.15) is 5.75 Å². The van der Waals surface area contributed by atoms with Gasteiger partial charge in [0.15, 0.2) is 0 Å². The Kier molecular flexibility index (Phi) is 3.64. The highest BCUT2D eigenvalue weighted by Gasteiger charge is 1.88. The maximum Gasteiger partial charge on any atom is 0.118 e. The fraction of sp³-hybridized carbons (Fsp3) is 0.0909. The largest absolute Gasteiger partial charge is 0.497 e. The third kappa shape index (κ3) is 3.03. The van der Waals surface area contributed by atoms with Crippen LogP contribution in [0, 0.1) is 0 Å². The molecule has 2 heteroatoms. The molecular weight excluding hydrogens is 162 g/mol. The van der Waals surface area contributed by atoms with Crippen LogP contribution in [0.5, 0.6) is 5.75 Å². The second-order valence-electron chi connectivity index (χ2n) is 2.52. The molecule has 1 aromatic carbocycles. The van der Waals surface area contributed by atoms with Crippen LogP contribution in [0.1, 0.15) is 5.56 Å². The number of rotatable bonds is 3. The summed E-state index contributed by atoms with van der Waals surface area (Å²) >= 11 is 0. The first-order valence-electron chi connectivity index (χ1n) is 4.06. The molecular formula is C11H13NO. The van der Waals surface area contributed by atoms with Crippen LogP contribution in [0.25, 0.3) is 6.08 Å². The highest BCUT2D eigenvalue weighted by molar-refractivity contribution is 5.52. The predicted molar refractivity (Wildman–Crippen MR) is 55.4 cm³/mol. The van der Waals surface area contributed by atoms with Gasteiger partial charge in [0.2, 0.25) is 0 Å². The zero-order valence-electron chi connectivity index (χ0n) is 7.60. The fourth-order valence-corrected chi connectivity index (χ4v) is 0.946. The van der Waals surface area contributed by atoms with Crippen molar-refractivity contribution in [3.8, 4) is 5.75 Å². The lowest BCUT2D eigenvalue weighted by Gasteiger charge is -1.98. The molecule has 0 spiro atoms. The summed E-state index contributed by atoms with van der Waals surface area (Å²) < 4.78 is 5.04. The van der Waals surface area contributed by atoms with Crippen molar-refractivity contribution < 1.29 is 4.74 Å². The highest BCUT2D eigenvalue weighted by Crippen LogP contribution is 2.11. The van der Waals surface area contributed by atoms with Gasteiger partial charge in [-0.15, -0.1) is 0 Å². The van der Waals surface area contributed by atoms with Crippen LogP contribution in [0.15, 0.2) is 42.6 Å². The molecule has 0 saturated heterocycles. The topological polar surface area (TPSA) is 35.2 Å². The molecule has 2 nitrogen and oxygen atoms in total. The number of allylic oxidation sites excluding steroid dienone is 2. The van der Waals surface area contributed by atoms with E-state index < -0.39 is 0 Å². The highest BCUT2D eigenvalue weighted by atomic mass is 16.5. The molecule has 2 N–H and O–H groups in total. The SMILES string of the molecule is COc1ccc(C=CC=CN)cc1. The maximum atomic E-state index is 5.19. The molecule has 0 aliphatic rings. The summed E-state index contributed by atoms with van der Waals surface area (Å²) in [6, 6.07) is 7.82. The molecule has 0 aliphatic heterocycles. The normalized spacial score (nSPS) is 11.2. The van der Waals surface area contributed by atoms with Crippen molar-refractivity contribution >= 4 is 6.08 Å². The summed E-state index contributed by atoms with van der Waals surface area (Å²) in [4.78, 5) is 0. The van der Waals surface area contributed by atoms with Crippen LogP contribution in [0.2, 0.25) is 0 Å². The Bertz CT molecular complexity index is 298. The minimum atomic E-state index is 0.867. The van der Waals surface area contributed by atoms with E-state index in [4.69, 9.17) is 10.5 Å². The van der Waals surface area contributed by atoms with Gasteiger partial charge in [0.05, 0.1) is 7.11 Å². The smallest absolute Gasteiger partial charge is 0.118 e. The lowest BCUT2D eigenvalue weighted by atomic mass is 10.2. The first kappa shape index (κ1) is 9.39. The van der Waals surface area contributed by atoms with E-state index >= 15 is 0 Å². The molecule has 0 aromatic heterocycles. The monoisotopic (exact) mass is 175 g/mol. The Balaban J connectivity index is 2.69. The molecule has 0 atom stereocenters. The second-order valence-corrected chi connectivity index (χ2v) is 2.52. The van der Waals surface area contributed by atoms with Crippen LogP contribution in [-0.4, -0.2) is 7.11 Å². The quantitative estimate of drug-likeness (QED) is 0.714. The van der Waals surface area contributed by atoms with E-state index in [-0.39, 0.29) is 0 Å². The molecule has 1 rings (SSSR count). The number of nitrogens with two attached hydrogens (primary N) is 1. The Morgan fingerprint density at radius 2 is 1.85 bits per heavy atom. The molecule has 0 unspecified atom stereocenters. The van der Waals surface area contributed by atoms with Crippen LogP contribution in [-0.2, 0) is 0 Å². The summed E-state index contributed by atoms with van der Waals surface area (Å²) in [6.45, 7) is 0. The van der Waals surface area contributed by atoms with Crippen LogP contribution in [0.4, 0.5) is 0 Å². The Morgan fingerprint density at radius 1 is 1.15 bits per heavy atom. The average molecular weight is 175 g/mol. The van der Waals surface area contributed by atoms with Gasteiger partial charge in [-0.05, 0) is 30.0 Å². The van der Waals surface area contributed by atoms with Gasteiger partial charge in [-0.1, -0.05) is 24.3 Å². The minimum Gasteiger partial charge on any atom is -0.497 e. The summed E-state index contributed by atoms with van der Waals surface area (Å²) in [5.41, 5.74) is 6.31. The van der Waals surface area contributed by atoms with E-state index in [2.05, 4.69) is 0 Å². The Hall–Kier alpha value is -1.70. The molecule has 1 aromatic rings. The Labute approximate surface area is 78.3 Å². The first-order chi connectivity index (χ1) is 6.36. The van der Waals surface area contributed by atoms with Crippen molar-refractivity contribution in [1.82, 2.24) is 0 Å². The van der Waals surface area contributed by atoms with Gasteiger partial charge in [-0.2, -0.15) is 0 Å². The predicted octanol–water partition coefficient (Wildman–Crippen LogP) is 2.18. The molecule has 0 aliphatic carbocycles. The van der Waals surface area contributed by atoms with Crippen molar-refractivity contribution in [3.63, 3.8) is 0 Å². The van der Waals surface area contributed by atoms with E-state index in [0.717, 1.165) is 11.3 Å². The summed E-state index contributed by atoms with van der Waals surface area (Å²) in [5, 5.41) is 0. The maximum absolute atomic E-state index is 5.19. The lowest BCUT2D eigenvalue weighted by molar-refractivity contribution is 0.415. The third-order valence-corrected chi connectivity index (χ3v) is 1.63. The first-order valence-corrected chi connectivity index (χ1v) is 4.06. The molecule has 0 amide bonds. The van der Waals surface area contributed by atoms with Crippen molar-refractivity contribution in [1.29, 1.82) is 0 Å². The lowest BCUT2D eigenvalue weighted by Crippen LogP contribution is -1.81.